The zero-order valence-corrected chi connectivity index (χ0v) is 19.0. The number of hydrazone groups is 1. The molecule has 2 N–H and O–H groups in total. The highest BCUT2D eigenvalue weighted by Crippen LogP contribution is 2.25. The highest BCUT2D eigenvalue weighted by molar-refractivity contribution is 6.40. The van der Waals surface area contributed by atoms with Crippen molar-refractivity contribution in [2.75, 3.05) is 31.2 Å². The standard InChI is InChI=1S/C25H29N5O3/c1-17(2)18-8-10-19(11-9-18)24(32)28-12-14-29(15-13-28)25(33)21-16-22(23(26)31)30(27-21)20-6-4-3-5-7-20/h3-11,17,22H,12-16H2,1-2H3,(H2,26,31). The summed E-state index contributed by atoms with van der Waals surface area (Å²) in [5.74, 6) is -0.355. The Balaban J connectivity index is 1.40. The summed E-state index contributed by atoms with van der Waals surface area (Å²) in [5, 5.41) is 5.96. The van der Waals surface area contributed by atoms with Gasteiger partial charge in [0.05, 0.1) is 5.69 Å². The molecule has 2 aromatic rings. The van der Waals surface area contributed by atoms with Gasteiger partial charge in [-0.05, 0) is 35.7 Å². The van der Waals surface area contributed by atoms with Crippen LogP contribution in [0, 0.1) is 0 Å². The molecule has 0 radical (unpaired) electrons. The molecule has 1 saturated heterocycles. The number of benzene rings is 2. The second-order valence-corrected chi connectivity index (χ2v) is 8.71. The number of rotatable bonds is 5. The molecule has 0 bridgehead atoms. The number of amides is 3. The first-order valence-corrected chi connectivity index (χ1v) is 11.2. The van der Waals surface area contributed by atoms with Crippen LogP contribution in [0.15, 0.2) is 59.7 Å². The molecule has 2 aliphatic rings. The summed E-state index contributed by atoms with van der Waals surface area (Å²) in [6, 6.07) is 16.2. The van der Waals surface area contributed by atoms with Gasteiger partial charge in [0.2, 0.25) is 5.91 Å². The van der Waals surface area contributed by atoms with Crippen molar-refractivity contribution in [2.45, 2.75) is 32.2 Å². The quantitative estimate of drug-likeness (QED) is 0.760. The fourth-order valence-electron chi connectivity index (χ4n) is 4.17. The molecular formula is C25H29N5O3. The molecule has 4 rings (SSSR count). The first-order chi connectivity index (χ1) is 15.8. The lowest BCUT2D eigenvalue weighted by Gasteiger charge is -2.34. The van der Waals surface area contributed by atoms with Crippen LogP contribution in [0.1, 0.15) is 42.1 Å². The molecule has 33 heavy (non-hydrogen) atoms. The first kappa shape index (κ1) is 22.5. The van der Waals surface area contributed by atoms with E-state index < -0.39 is 11.9 Å². The van der Waals surface area contributed by atoms with Crippen LogP contribution in [0.2, 0.25) is 0 Å². The predicted molar refractivity (Wildman–Crippen MR) is 127 cm³/mol. The van der Waals surface area contributed by atoms with Crippen molar-refractivity contribution in [3.05, 3.63) is 65.7 Å². The van der Waals surface area contributed by atoms with Gasteiger partial charge in [0.1, 0.15) is 11.8 Å². The van der Waals surface area contributed by atoms with Crippen molar-refractivity contribution in [3.63, 3.8) is 0 Å². The average Bonchev–Trinajstić information content (AvgIpc) is 3.30. The Morgan fingerprint density at radius 1 is 0.879 bits per heavy atom. The van der Waals surface area contributed by atoms with E-state index in [0.29, 0.717) is 49.1 Å². The van der Waals surface area contributed by atoms with Crippen LogP contribution in [-0.4, -0.2) is 65.5 Å². The number of carbonyl (C=O) groups is 3. The molecule has 0 spiro atoms. The molecule has 2 aromatic carbocycles. The zero-order chi connectivity index (χ0) is 23.5. The SMILES string of the molecule is CC(C)c1ccc(C(=O)N2CCN(C(=O)C3=NN(c4ccccc4)C(C(N)=O)C3)CC2)cc1. The minimum absolute atomic E-state index is 0.0281. The molecule has 1 unspecified atom stereocenters. The fourth-order valence-corrected chi connectivity index (χ4v) is 4.17. The van der Waals surface area contributed by atoms with Crippen LogP contribution in [0.3, 0.4) is 0 Å². The van der Waals surface area contributed by atoms with Crippen molar-refractivity contribution in [1.29, 1.82) is 0 Å². The fraction of sp³-hybridized carbons (Fsp3) is 0.360. The van der Waals surface area contributed by atoms with Crippen LogP contribution in [-0.2, 0) is 9.59 Å². The molecule has 0 aromatic heterocycles. The third-order valence-corrected chi connectivity index (χ3v) is 6.18. The minimum Gasteiger partial charge on any atom is -0.368 e. The van der Waals surface area contributed by atoms with Gasteiger partial charge in [0.15, 0.2) is 0 Å². The van der Waals surface area contributed by atoms with Gasteiger partial charge in [-0.15, -0.1) is 0 Å². The average molecular weight is 448 g/mol. The van der Waals surface area contributed by atoms with Gasteiger partial charge in [0.25, 0.3) is 11.8 Å². The second-order valence-electron chi connectivity index (χ2n) is 8.71. The van der Waals surface area contributed by atoms with Gasteiger partial charge in [-0.25, -0.2) is 0 Å². The number of piperazine rings is 1. The number of nitrogens with two attached hydrogens (primary N) is 1. The van der Waals surface area contributed by atoms with E-state index in [2.05, 4.69) is 18.9 Å². The number of hydrogen-bond acceptors (Lipinski definition) is 5. The lowest BCUT2D eigenvalue weighted by atomic mass is 10.0. The van der Waals surface area contributed by atoms with Gasteiger partial charge < -0.3 is 15.5 Å². The van der Waals surface area contributed by atoms with Crippen LogP contribution < -0.4 is 10.7 Å². The number of hydrogen-bond donors (Lipinski definition) is 1. The van der Waals surface area contributed by atoms with Gasteiger partial charge >= 0.3 is 0 Å². The van der Waals surface area contributed by atoms with E-state index in [1.54, 1.807) is 9.80 Å². The molecule has 1 atom stereocenters. The third-order valence-electron chi connectivity index (χ3n) is 6.18. The number of nitrogens with zero attached hydrogens (tertiary/aromatic N) is 4. The van der Waals surface area contributed by atoms with Gasteiger partial charge in [-0.3, -0.25) is 19.4 Å². The number of carbonyl (C=O) groups excluding carboxylic acids is 3. The first-order valence-electron chi connectivity index (χ1n) is 11.2. The number of para-hydroxylation sites is 1. The normalized spacial score (nSPS) is 18.5. The Kier molecular flexibility index (Phi) is 6.44. The smallest absolute Gasteiger partial charge is 0.270 e. The topological polar surface area (TPSA) is 99.3 Å². The summed E-state index contributed by atoms with van der Waals surface area (Å²) in [4.78, 5) is 41.4. The van der Waals surface area contributed by atoms with Crippen LogP contribution >= 0.6 is 0 Å². The lowest BCUT2D eigenvalue weighted by molar-refractivity contribution is -0.125. The molecule has 0 aliphatic carbocycles. The third kappa shape index (κ3) is 4.74. The zero-order valence-electron chi connectivity index (χ0n) is 19.0. The summed E-state index contributed by atoms with van der Waals surface area (Å²) in [7, 11) is 0. The van der Waals surface area contributed by atoms with Crippen LogP contribution in [0.4, 0.5) is 5.69 Å². The predicted octanol–water partition coefficient (Wildman–Crippen LogP) is 2.21. The van der Waals surface area contributed by atoms with Crippen LogP contribution in [0.25, 0.3) is 0 Å². The van der Waals surface area contributed by atoms with E-state index in [-0.39, 0.29) is 18.2 Å². The minimum atomic E-state index is -0.692. The Labute approximate surface area is 193 Å². The van der Waals surface area contributed by atoms with Crippen molar-refractivity contribution >= 4 is 29.1 Å². The molecule has 8 nitrogen and oxygen atoms in total. The Morgan fingerprint density at radius 3 is 2.00 bits per heavy atom. The van der Waals surface area contributed by atoms with Crippen molar-refractivity contribution < 1.29 is 14.4 Å². The highest BCUT2D eigenvalue weighted by Gasteiger charge is 2.37. The second kappa shape index (κ2) is 9.44. The maximum atomic E-state index is 13.1. The molecule has 3 amide bonds. The summed E-state index contributed by atoms with van der Waals surface area (Å²) in [6.45, 7) is 5.97. The molecule has 1 fully saturated rings. The summed E-state index contributed by atoms with van der Waals surface area (Å²) >= 11 is 0. The number of primary amides is 1. The summed E-state index contributed by atoms with van der Waals surface area (Å²) < 4.78 is 0. The molecule has 0 saturated carbocycles. The summed E-state index contributed by atoms with van der Waals surface area (Å²) in [6.07, 6.45) is 0.171. The van der Waals surface area contributed by atoms with Crippen LogP contribution in [0.5, 0.6) is 0 Å². The van der Waals surface area contributed by atoms with E-state index >= 15 is 0 Å². The Bertz CT molecular complexity index is 1060. The molecule has 2 aliphatic heterocycles. The number of anilines is 1. The Morgan fingerprint density at radius 2 is 1.45 bits per heavy atom. The van der Waals surface area contributed by atoms with Gasteiger partial charge in [-0.1, -0.05) is 44.2 Å². The van der Waals surface area contributed by atoms with Gasteiger partial charge in [-0.2, -0.15) is 5.10 Å². The largest absolute Gasteiger partial charge is 0.368 e. The molecule has 8 heteroatoms. The monoisotopic (exact) mass is 447 g/mol. The van der Waals surface area contributed by atoms with Crippen molar-refractivity contribution in [2.24, 2.45) is 10.8 Å². The van der Waals surface area contributed by atoms with Gasteiger partial charge in [0, 0.05) is 38.2 Å². The van der Waals surface area contributed by atoms with E-state index in [1.165, 1.54) is 10.6 Å². The maximum Gasteiger partial charge on any atom is 0.270 e. The Hall–Kier alpha value is -3.68. The maximum absolute atomic E-state index is 13.1. The molecule has 172 valence electrons. The molecular weight excluding hydrogens is 418 g/mol. The van der Waals surface area contributed by atoms with E-state index in [9.17, 15) is 14.4 Å². The van der Waals surface area contributed by atoms with E-state index in [0.717, 1.165) is 0 Å². The van der Waals surface area contributed by atoms with E-state index in [1.807, 2.05) is 54.6 Å². The highest BCUT2D eigenvalue weighted by atomic mass is 16.2. The van der Waals surface area contributed by atoms with Crippen molar-refractivity contribution in [1.82, 2.24) is 9.80 Å². The van der Waals surface area contributed by atoms with Crippen molar-refractivity contribution in [3.8, 4) is 0 Å². The molecule has 2 heterocycles. The summed E-state index contributed by atoms with van der Waals surface area (Å²) in [5.41, 5.74) is 8.45. The van der Waals surface area contributed by atoms with E-state index in [4.69, 9.17) is 5.73 Å². The lowest BCUT2D eigenvalue weighted by Crippen LogP contribution is -2.52.